The van der Waals surface area contributed by atoms with Gasteiger partial charge >= 0.3 is 6.09 Å². The molecule has 1 aromatic carbocycles. The number of rotatable bonds is 3. The third-order valence-electron chi connectivity index (χ3n) is 4.91. The monoisotopic (exact) mass is 318 g/mol. The lowest BCUT2D eigenvalue weighted by atomic mass is 10.1. The van der Waals surface area contributed by atoms with Crippen molar-refractivity contribution in [2.24, 2.45) is 17.8 Å². The molecule has 0 saturated heterocycles. The van der Waals surface area contributed by atoms with E-state index in [-0.39, 0.29) is 0 Å². The van der Waals surface area contributed by atoms with Gasteiger partial charge in [-0.25, -0.2) is 4.79 Å². The molecule has 2 unspecified atom stereocenters. The Balaban J connectivity index is 1.70. The van der Waals surface area contributed by atoms with Gasteiger partial charge < -0.3 is 5.11 Å². The van der Waals surface area contributed by atoms with Gasteiger partial charge in [0, 0.05) is 36.6 Å². The lowest BCUT2D eigenvalue weighted by molar-refractivity contribution is 0.201. The molecular weight excluding hydrogens is 300 g/mol. The summed E-state index contributed by atoms with van der Waals surface area (Å²) in [4.78, 5) is 13.1. The minimum absolute atomic E-state index is 0.431. The summed E-state index contributed by atoms with van der Waals surface area (Å²) >= 11 is 0. The maximum atomic E-state index is 11.7. The van der Waals surface area contributed by atoms with Crippen LogP contribution >= 0.6 is 0 Å². The van der Waals surface area contributed by atoms with Crippen LogP contribution in [0.2, 0.25) is 0 Å². The van der Waals surface area contributed by atoms with Crippen molar-refractivity contribution in [3.05, 3.63) is 29.8 Å². The quantitative estimate of drug-likeness (QED) is 0.868. The molecule has 0 heterocycles. The first-order chi connectivity index (χ1) is 11.7. The zero-order valence-electron chi connectivity index (χ0n) is 13.3. The van der Waals surface area contributed by atoms with Crippen molar-refractivity contribution >= 4 is 11.8 Å². The Bertz CT molecular complexity index is 765. The molecule has 2 aliphatic rings. The maximum Gasteiger partial charge on any atom is 0.411 e. The number of fused-ring (bicyclic) bond motifs is 1. The Morgan fingerprint density at radius 1 is 1.21 bits per heavy atom. The van der Waals surface area contributed by atoms with Crippen LogP contribution in [0.3, 0.4) is 0 Å². The third kappa shape index (κ3) is 3.53. The van der Waals surface area contributed by atoms with Gasteiger partial charge in [0.1, 0.15) is 0 Å². The summed E-state index contributed by atoms with van der Waals surface area (Å²) in [6.07, 6.45) is 3.09. The molecule has 1 fully saturated rings. The summed E-state index contributed by atoms with van der Waals surface area (Å²) < 4.78 is 0. The molecule has 1 saturated carbocycles. The Labute approximate surface area is 142 Å². The molecule has 0 aromatic heterocycles. The van der Waals surface area contributed by atoms with Gasteiger partial charge in [0.25, 0.3) is 0 Å². The molecule has 1 aromatic rings. The zero-order chi connectivity index (χ0) is 16.9. The van der Waals surface area contributed by atoms with E-state index in [4.69, 9.17) is 5.26 Å². The molecule has 0 aliphatic heterocycles. The molecule has 2 aliphatic carbocycles. The highest BCUT2D eigenvalue weighted by molar-refractivity contribution is 5.86. The molecule has 0 bridgehead atoms. The first-order valence-corrected chi connectivity index (χ1v) is 8.17. The number of hydrogen-bond donors (Lipinski definition) is 1. The molecular formula is C20H18N2O2. The first-order valence-electron chi connectivity index (χ1n) is 8.17. The van der Waals surface area contributed by atoms with Crippen LogP contribution in [0.15, 0.2) is 24.3 Å². The van der Waals surface area contributed by atoms with E-state index >= 15 is 0 Å². The Kier molecular flexibility index (Phi) is 4.74. The predicted octanol–water partition coefficient (Wildman–Crippen LogP) is 3.49. The second-order valence-corrected chi connectivity index (χ2v) is 6.22. The normalized spacial score (nSPS) is 23.7. The molecule has 4 heteroatoms. The second-order valence-electron chi connectivity index (χ2n) is 6.22. The Hall–Kier alpha value is -2.90. The average molecular weight is 318 g/mol. The smallest absolute Gasteiger partial charge is 0.411 e. The van der Waals surface area contributed by atoms with Gasteiger partial charge in [-0.3, -0.25) is 4.90 Å². The van der Waals surface area contributed by atoms with Crippen molar-refractivity contribution < 1.29 is 9.90 Å². The van der Waals surface area contributed by atoms with Crippen molar-refractivity contribution in [3.63, 3.8) is 0 Å². The number of carboxylic acid groups (broad SMARTS) is 1. The van der Waals surface area contributed by atoms with E-state index in [0.29, 0.717) is 35.5 Å². The summed E-state index contributed by atoms with van der Waals surface area (Å²) in [5, 5.41) is 18.1. The molecule has 0 spiro atoms. The summed E-state index contributed by atoms with van der Waals surface area (Å²) in [5.74, 6) is 13.1. The van der Waals surface area contributed by atoms with E-state index in [1.807, 2.05) is 0 Å². The lowest BCUT2D eigenvalue weighted by Gasteiger charge is -2.19. The lowest BCUT2D eigenvalue weighted by Crippen LogP contribution is -2.31. The van der Waals surface area contributed by atoms with Gasteiger partial charge in [-0.15, -0.1) is 11.8 Å². The minimum Gasteiger partial charge on any atom is -0.465 e. The van der Waals surface area contributed by atoms with Crippen molar-refractivity contribution in [1.29, 1.82) is 5.26 Å². The first kappa shape index (κ1) is 16.0. The molecule has 3 rings (SSSR count). The number of amides is 1. The standard InChI is InChI=1S/C20H18N2O2/c21-13-5-6-15-9-11-16(12-10-15)22(20(23)24)14-19-17-7-3-1-2-4-8-18(17)19/h9-12,17-19H,3-4,7-8,14H2,(H,23,24). The van der Waals surface area contributed by atoms with Gasteiger partial charge in [0.05, 0.1) is 0 Å². The average Bonchev–Trinajstić information content (AvgIpc) is 3.20. The SMILES string of the molecule is N#CC#Cc1ccc(N(CC2C3CCC#CCCC32)C(=O)O)cc1. The van der Waals surface area contributed by atoms with E-state index < -0.39 is 6.09 Å². The number of hydrogen-bond acceptors (Lipinski definition) is 2. The highest BCUT2D eigenvalue weighted by atomic mass is 16.4. The Morgan fingerprint density at radius 2 is 1.83 bits per heavy atom. The summed E-state index contributed by atoms with van der Waals surface area (Å²) in [5.41, 5.74) is 1.36. The van der Waals surface area contributed by atoms with E-state index in [1.54, 1.807) is 30.3 Å². The molecule has 0 radical (unpaired) electrons. The predicted molar refractivity (Wildman–Crippen MR) is 91.0 cm³/mol. The van der Waals surface area contributed by atoms with Gasteiger partial charge in [0.2, 0.25) is 0 Å². The number of nitriles is 1. The highest BCUT2D eigenvalue weighted by Gasteiger charge is 2.49. The van der Waals surface area contributed by atoms with Gasteiger partial charge in [-0.05, 0) is 54.9 Å². The van der Waals surface area contributed by atoms with Crippen LogP contribution in [-0.2, 0) is 0 Å². The van der Waals surface area contributed by atoms with Crippen LogP contribution in [0.5, 0.6) is 0 Å². The number of benzene rings is 1. The van der Waals surface area contributed by atoms with Crippen LogP contribution in [0.1, 0.15) is 31.2 Å². The van der Waals surface area contributed by atoms with Gasteiger partial charge in [0.15, 0.2) is 6.07 Å². The highest BCUT2D eigenvalue weighted by Crippen LogP contribution is 2.52. The van der Waals surface area contributed by atoms with Crippen LogP contribution in [0.25, 0.3) is 0 Å². The summed E-state index contributed by atoms with van der Waals surface area (Å²) in [6.45, 7) is 0.536. The number of nitrogens with zero attached hydrogens (tertiary/aromatic N) is 2. The fourth-order valence-electron chi connectivity index (χ4n) is 3.64. The Morgan fingerprint density at radius 3 is 2.38 bits per heavy atom. The molecule has 1 N–H and O–H groups in total. The number of carbonyl (C=O) groups is 1. The molecule has 4 nitrogen and oxygen atoms in total. The van der Waals surface area contributed by atoms with Crippen LogP contribution < -0.4 is 4.90 Å². The molecule has 120 valence electrons. The van der Waals surface area contributed by atoms with E-state index in [2.05, 4.69) is 23.7 Å². The van der Waals surface area contributed by atoms with Crippen LogP contribution in [0, 0.1) is 52.8 Å². The molecule has 2 atom stereocenters. The van der Waals surface area contributed by atoms with E-state index in [9.17, 15) is 9.90 Å². The van der Waals surface area contributed by atoms with E-state index in [1.165, 1.54) is 4.90 Å². The minimum atomic E-state index is -0.929. The summed E-state index contributed by atoms with van der Waals surface area (Å²) in [6, 6.07) is 8.77. The topological polar surface area (TPSA) is 64.3 Å². The van der Waals surface area contributed by atoms with Crippen molar-refractivity contribution in [2.75, 3.05) is 11.4 Å². The number of anilines is 1. The molecule has 24 heavy (non-hydrogen) atoms. The van der Waals surface area contributed by atoms with Crippen molar-refractivity contribution in [3.8, 4) is 29.8 Å². The third-order valence-corrected chi connectivity index (χ3v) is 4.91. The fourth-order valence-corrected chi connectivity index (χ4v) is 3.64. The van der Waals surface area contributed by atoms with E-state index in [0.717, 1.165) is 25.7 Å². The summed E-state index contributed by atoms with van der Waals surface area (Å²) in [7, 11) is 0. The van der Waals surface area contributed by atoms with Gasteiger partial charge in [-0.2, -0.15) is 5.26 Å². The maximum absolute atomic E-state index is 11.7. The zero-order valence-corrected chi connectivity index (χ0v) is 13.3. The molecule has 1 amide bonds. The largest absolute Gasteiger partial charge is 0.465 e. The van der Waals surface area contributed by atoms with Crippen molar-refractivity contribution in [1.82, 2.24) is 0 Å². The van der Waals surface area contributed by atoms with Crippen molar-refractivity contribution in [2.45, 2.75) is 25.7 Å². The fraction of sp³-hybridized carbons (Fsp3) is 0.400. The van der Waals surface area contributed by atoms with Crippen LogP contribution in [0.4, 0.5) is 10.5 Å². The second kappa shape index (κ2) is 7.12. The van der Waals surface area contributed by atoms with Crippen LogP contribution in [-0.4, -0.2) is 17.7 Å². The van der Waals surface area contributed by atoms with Gasteiger partial charge in [-0.1, -0.05) is 5.92 Å².